The van der Waals surface area contributed by atoms with Gasteiger partial charge in [0.15, 0.2) is 0 Å². The van der Waals surface area contributed by atoms with E-state index in [9.17, 15) is 0 Å². The van der Waals surface area contributed by atoms with Crippen LogP contribution < -0.4 is 0 Å². The van der Waals surface area contributed by atoms with Gasteiger partial charge >= 0.3 is 34.7 Å². The van der Waals surface area contributed by atoms with Gasteiger partial charge in [-0.2, -0.15) is 0 Å². The second kappa shape index (κ2) is 113. The van der Waals surface area contributed by atoms with E-state index in [1.165, 1.54) is 0 Å². The van der Waals surface area contributed by atoms with Crippen LogP contribution in [0.15, 0.2) is 0 Å². The van der Waals surface area contributed by atoms with E-state index in [0.717, 1.165) is 0 Å². The number of hydrogen-bond donors (Lipinski definition) is 0. The Morgan fingerprint density at radius 3 is 0.444 bits per heavy atom. The summed E-state index contributed by atoms with van der Waals surface area (Å²) < 4.78 is 0. The molecule has 0 rings (SSSR count). The summed E-state index contributed by atoms with van der Waals surface area (Å²) in [5, 5.41) is 0. The quantitative estimate of drug-likeness (QED) is 0.498. The van der Waals surface area contributed by atoms with Gasteiger partial charge in [0.1, 0.15) is 0 Å². The minimum Gasteiger partial charge on any atom is -2.00 e. The molecule has 0 spiro atoms. The van der Waals surface area contributed by atoms with Crippen molar-refractivity contribution >= 4 is 34.7 Å². The molecule has 44 valence electrons. The molecule has 0 saturated carbocycles. The third-order valence-corrected chi connectivity index (χ3v) is 0. The summed E-state index contributed by atoms with van der Waals surface area (Å²) in [4.78, 5) is 0. The van der Waals surface area contributed by atoms with E-state index < -0.39 is 0 Å². The molecule has 9 heavy (non-hydrogen) atoms. The van der Waals surface area contributed by atoms with Crippen molar-refractivity contribution in [3.8, 4) is 0 Å². The summed E-state index contributed by atoms with van der Waals surface area (Å²) in [6.07, 6.45) is 0. The van der Waals surface area contributed by atoms with E-state index in [4.69, 9.17) is 0 Å². The first-order valence-corrected chi connectivity index (χ1v) is 0. The van der Waals surface area contributed by atoms with Crippen LogP contribution in [-0.2, 0) is 89.5 Å². The van der Waals surface area contributed by atoms with Gasteiger partial charge < -0.3 is 16.4 Å². The monoisotopic (exact) mass is 342 g/mol. The van der Waals surface area contributed by atoms with Crippen molar-refractivity contribution in [3.63, 3.8) is 0 Å². The van der Waals surface area contributed by atoms with Crippen molar-refractivity contribution in [2.45, 2.75) is 0 Å². The normalized spacial score (nSPS) is 0. The van der Waals surface area contributed by atoms with Crippen molar-refractivity contribution in [1.29, 1.82) is 0 Å². The molecule has 3 nitrogen and oxygen atoms in total. The standard InChI is InChI=1S/2Al.2Fe.3O.2Zn/q2*+3;;;3*-2;;. The Labute approximate surface area is 123 Å². The van der Waals surface area contributed by atoms with E-state index in [1.807, 2.05) is 0 Å². The molecule has 0 aliphatic carbocycles. The summed E-state index contributed by atoms with van der Waals surface area (Å²) in [6.45, 7) is 0. The summed E-state index contributed by atoms with van der Waals surface area (Å²) in [5.41, 5.74) is 0. The summed E-state index contributed by atoms with van der Waals surface area (Å²) in [5.74, 6) is 0. The Kier molecular flexibility index (Phi) is 1850. The van der Waals surface area contributed by atoms with Crippen molar-refractivity contribution < 1.29 is 89.5 Å². The molecule has 0 aliphatic rings. The van der Waals surface area contributed by atoms with Gasteiger partial charge in [-0.1, -0.05) is 0 Å². The maximum atomic E-state index is 0. The van der Waals surface area contributed by atoms with E-state index in [0.29, 0.717) is 0 Å². The SMILES string of the molecule is [Al+3].[Al+3].[Fe].[Fe].[O-2].[O-2].[O-2].[Zn].[Zn]. The number of rotatable bonds is 0. The Bertz CT molecular complexity index is 17.8. The maximum absolute atomic E-state index is 0. The van der Waals surface area contributed by atoms with Crippen molar-refractivity contribution in [3.05, 3.63) is 0 Å². The van der Waals surface area contributed by atoms with Gasteiger partial charge in [-0.15, -0.1) is 0 Å². The van der Waals surface area contributed by atoms with Gasteiger partial charge in [-0.05, 0) is 0 Å². The van der Waals surface area contributed by atoms with Gasteiger partial charge in [-0.25, -0.2) is 0 Å². The topological polar surface area (TPSA) is 85.5 Å². The molecule has 0 aromatic rings. The summed E-state index contributed by atoms with van der Waals surface area (Å²) in [7, 11) is 0. The van der Waals surface area contributed by atoms with Crippen LogP contribution in [0, 0.1) is 0 Å². The van der Waals surface area contributed by atoms with Crippen LogP contribution in [0.3, 0.4) is 0 Å². The Hall–Kier alpha value is 3.23. The second-order valence-corrected chi connectivity index (χ2v) is 0. The molecule has 0 atom stereocenters. The first-order valence-electron chi connectivity index (χ1n) is 0. The molecule has 0 bridgehead atoms. The summed E-state index contributed by atoms with van der Waals surface area (Å²) >= 11 is 0. The van der Waals surface area contributed by atoms with Gasteiger partial charge in [-0.3, -0.25) is 0 Å². The fourth-order valence-electron chi connectivity index (χ4n) is 0. The molecule has 0 aromatic heterocycles. The molecule has 0 saturated heterocycles. The predicted molar refractivity (Wildman–Crippen MR) is 13.6 cm³/mol. The van der Waals surface area contributed by atoms with Crippen molar-refractivity contribution in [2.75, 3.05) is 0 Å². The van der Waals surface area contributed by atoms with Crippen molar-refractivity contribution in [1.82, 2.24) is 0 Å². The van der Waals surface area contributed by atoms with Gasteiger partial charge in [0.2, 0.25) is 0 Å². The Morgan fingerprint density at radius 2 is 0.444 bits per heavy atom. The van der Waals surface area contributed by atoms with Gasteiger partial charge in [0, 0.05) is 73.1 Å². The minimum absolute atomic E-state index is 0. The average molecular weight is 344 g/mol. The van der Waals surface area contributed by atoms with Crippen LogP contribution in [0.2, 0.25) is 0 Å². The summed E-state index contributed by atoms with van der Waals surface area (Å²) in [6, 6.07) is 0. The van der Waals surface area contributed by atoms with Crippen LogP contribution in [0.5, 0.6) is 0 Å². The van der Waals surface area contributed by atoms with E-state index in [-0.39, 0.29) is 124 Å². The zero-order valence-electron chi connectivity index (χ0n) is 4.50. The van der Waals surface area contributed by atoms with E-state index in [1.54, 1.807) is 0 Å². The minimum atomic E-state index is 0. The predicted octanol–water partition coefficient (Wildman–Crippen LogP) is -1.13. The first-order chi connectivity index (χ1) is 0. The Balaban J connectivity index is 0. The largest absolute Gasteiger partial charge is 3.00 e. The van der Waals surface area contributed by atoms with Gasteiger partial charge in [0.05, 0.1) is 0 Å². The van der Waals surface area contributed by atoms with Crippen molar-refractivity contribution in [2.24, 2.45) is 0 Å². The second-order valence-electron chi connectivity index (χ2n) is 0. The zero-order chi connectivity index (χ0) is 0. The molecule has 9 heteroatoms. The molecular weight excluding hydrogens is 344 g/mol. The fraction of sp³-hybridized carbons (Fsp3) is 0. The third kappa shape index (κ3) is 91.7. The van der Waals surface area contributed by atoms with Gasteiger partial charge in [0.25, 0.3) is 0 Å². The Morgan fingerprint density at radius 1 is 0.444 bits per heavy atom. The molecule has 0 heterocycles. The zero-order valence-corrected chi connectivity index (χ0v) is 15.0. The molecule has 0 unspecified atom stereocenters. The molecule has 0 amide bonds. The number of hydrogen-bond acceptors (Lipinski definition) is 0. The first kappa shape index (κ1) is 148. The molecule has 0 radical (unpaired) electrons. The van der Waals surface area contributed by atoms with Crippen LogP contribution in [0.4, 0.5) is 0 Å². The maximum Gasteiger partial charge on any atom is 3.00 e. The molecule has 0 N–H and O–H groups in total. The van der Waals surface area contributed by atoms with Crippen LogP contribution in [0.25, 0.3) is 0 Å². The van der Waals surface area contributed by atoms with Crippen LogP contribution >= 0.6 is 0 Å². The van der Waals surface area contributed by atoms with E-state index >= 15 is 0 Å². The third-order valence-electron chi connectivity index (χ3n) is 0. The molecular formula is Al2Fe2O3Zn2. The molecule has 0 aromatic carbocycles. The molecule has 0 aliphatic heterocycles. The average Bonchev–Trinajstić information content (AvgIpc) is 0. The fourth-order valence-corrected chi connectivity index (χ4v) is 0. The van der Waals surface area contributed by atoms with Crippen LogP contribution in [0.1, 0.15) is 0 Å². The molecule has 0 fully saturated rings. The smallest absolute Gasteiger partial charge is 2.00 e. The van der Waals surface area contributed by atoms with E-state index in [2.05, 4.69) is 0 Å². The van der Waals surface area contributed by atoms with Crippen LogP contribution in [-0.4, -0.2) is 34.7 Å².